The van der Waals surface area contributed by atoms with Crippen molar-refractivity contribution in [2.24, 2.45) is 5.10 Å². The van der Waals surface area contributed by atoms with E-state index in [1.54, 1.807) is 31.2 Å². The van der Waals surface area contributed by atoms with E-state index in [0.29, 0.717) is 34.6 Å². The van der Waals surface area contributed by atoms with Gasteiger partial charge in [0.05, 0.1) is 33.7 Å². The van der Waals surface area contributed by atoms with Crippen molar-refractivity contribution in [1.29, 1.82) is 0 Å². The van der Waals surface area contributed by atoms with E-state index >= 15 is 0 Å². The molecule has 10 nitrogen and oxygen atoms in total. The second kappa shape index (κ2) is 11.1. The molecule has 0 aliphatic rings. The van der Waals surface area contributed by atoms with E-state index < -0.39 is 4.92 Å². The van der Waals surface area contributed by atoms with E-state index in [-0.39, 0.29) is 33.8 Å². The second-order valence-electron chi connectivity index (χ2n) is 8.12. The van der Waals surface area contributed by atoms with Crippen molar-refractivity contribution < 1.29 is 14.4 Å². The number of aromatic nitrogens is 3. The number of hydrogen-bond donors (Lipinski definition) is 0. The minimum absolute atomic E-state index is 0.0644. The molecule has 0 saturated heterocycles. The highest BCUT2D eigenvalue weighted by molar-refractivity contribution is 9.10. The number of pyridine rings is 1. The molecule has 37 heavy (non-hydrogen) atoms. The van der Waals surface area contributed by atoms with Crippen LogP contribution in [0.15, 0.2) is 63.0 Å². The number of rotatable bonds is 8. The van der Waals surface area contributed by atoms with E-state index in [0.717, 1.165) is 10.7 Å². The molecule has 0 saturated carbocycles. The minimum Gasteiger partial charge on any atom is -0.490 e. The highest BCUT2D eigenvalue weighted by Gasteiger charge is 2.17. The molecule has 12 heteroatoms. The van der Waals surface area contributed by atoms with E-state index in [2.05, 4.69) is 31.0 Å². The Morgan fingerprint density at radius 1 is 1.24 bits per heavy atom. The van der Waals surface area contributed by atoms with Crippen LogP contribution in [-0.2, 0) is 0 Å². The molecule has 0 aliphatic carbocycles. The van der Waals surface area contributed by atoms with Gasteiger partial charge in [0.25, 0.3) is 11.2 Å². The van der Waals surface area contributed by atoms with Crippen molar-refractivity contribution in [1.82, 2.24) is 14.6 Å². The summed E-state index contributed by atoms with van der Waals surface area (Å²) in [4.78, 5) is 32.2. The lowest BCUT2D eigenvalue weighted by molar-refractivity contribution is -0.385. The van der Waals surface area contributed by atoms with Crippen LogP contribution in [0.5, 0.6) is 17.4 Å². The Morgan fingerprint density at radius 3 is 2.68 bits per heavy atom. The summed E-state index contributed by atoms with van der Waals surface area (Å²) in [5, 5.41) is 15.9. The van der Waals surface area contributed by atoms with Crippen molar-refractivity contribution in [3.63, 3.8) is 0 Å². The lowest BCUT2D eigenvalue weighted by Crippen LogP contribution is -2.23. The monoisotopic (exact) mass is 585 g/mol. The maximum Gasteiger partial charge on any atom is 0.287 e. The van der Waals surface area contributed by atoms with Gasteiger partial charge in [-0.25, -0.2) is 9.97 Å². The van der Waals surface area contributed by atoms with Crippen LogP contribution in [0.2, 0.25) is 5.02 Å². The number of ether oxygens (including phenoxy) is 2. The minimum atomic E-state index is -0.552. The quantitative estimate of drug-likeness (QED) is 0.135. The average molecular weight is 587 g/mol. The van der Waals surface area contributed by atoms with Gasteiger partial charge in [-0.1, -0.05) is 41.4 Å². The van der Waals surface area contributed by atoms with Gasteiger partial charge in [0.2, 0.25) is 5.88 Å². The molecule has 0 bridgehead atoms. The Bertz CT molecular complexity index is 1570. The van der Waals surface area contributed by atoms with Gasteiger partial charge in [-0.2, -0.15) is 9.78 Å². The molecular weight excluding hydrogens is 566 g/mol. The summed E-state index contributed by atoms with van der Waals surface area (Å²) in [6, 6.07) is 11.2. The molecule has 2 aromatic heterocycles. The standard InChI is InChI=1S/C25H21BrClN5O5/c1-4-36-21-10-15(9-19(27)23(21)37-22-8-6-17(13-28-22)32(34)35)12-29-31-24(14(2)3)30-20-7-5-16(26)11-18(20)25(31)33/h5-14H,4H2,1-3H3. The first kappa shape index (κ1) is 26.2. The fourth-order valence-electron chi connectivity index (χ4n) is 3.45. The Hall–Kier alpha value is -3.83. The molecule has 0 radical (unpaired) electrons. The number of benzene rings is 2. The zero-order chi connectivity index (χ0) is 26.7. The van der Waals surface area contributed by atoms with Gasteiger partial charge in [0.1, 0.15) is 12.0 Å². The summed E-state index contributed by atoms with van der Waals surface area (Å²) in [5.41, 5.74) is 0.674. The van der Waals surface area contributed by atoms with E-state index in [9.17, 15) is 14.9 Å². The summed E-state index contributed by atoms with van der Waals surface area (Å²) < 4.78 is 13.5. The van der Waals surface area contributed by atoms with E-state index in [4.69, 9.17) is 21.1 Å². The zero-order valence-electron chi connectivity index (χ0n) is 20.0. The number of hydrogen-bond acceptors (Lipinski definition) is 8. The van der Waals surface area contributed by atoms with E-state index in [1.807, 2.05) is 19.9 Å². The van der Waals surface area contributed by atoms with Gasteiger partial charge in [0.15, 0.2) is 11.5 Å². The number of halogens is 2. The third-order valence-electron chi connectivity index (χ3n) is 5.14. The lowest BCUT2D eigenvalue weighted by atomic mass is 10.2. The summed E-state index contributed by atoms with van der Waals surface area (Å²) >= 11 is 9.90. The molecule has 0 unspecified atom stereocenters. The SMILES string of the molecule is CCOc1cc(C=Nn2c(C(C)C)nc3ccc(Br)cc3c2=O)cc(Cl)c1Oc1ccc([N+](=O)[O-])cn1. The van der Waals surface area contributed by atoms with Gasteiger partial charge in [0, 0.05) is 22.5 Å². The lowest BCUT2D eigenvalue weighted by Gasteiger charge is -2.14. The van der Waals surface area contributed by atoms with Gasteiger partial charge in [-0.05, 0) is 42.8 Å². The van der Waals surface area contributed by atoms with Crippen LogP contribution in [0.1, 0.15) is 38.1 Å². The zero-order valence-corrected chi connectivity index (χ0v) is 22.4. The molecule has 4 aromatic rings. The Kier molecular flexibility index (Phi) is 7.84. The highest BCUT2D eigenvalue weighted by Crippen LogP contribution is 2.39. The van der Waals surface area contributed by atoms with Gasteiger partial charge < -0.3 is 9.47 Å². The van der Waals surface area contributed by atoms with Gasteiger partial charge in [-0.3, -0.25) is 14.9 Å². The predicted molar refractivity (Wildman–Crippen MR) is 144 cm³/mol. The molecule has 2 aromatic carbocycles. The molecule has 0 aliphatic heterocycles. The predicted octanol–water partition coefficient (Wildman–Crippen LogP) is 6.31. The van der Waals surface area contributed by atoms with Crippen molar-refractivity contribution in [3.05, 3.63) is 90.0 Å². The molecule has 0 atom stereocenters. The van der Waals surface area contributed by atoms with Crippen molar-refractivity contribution in [2.45, 2.75) is 26.7 Å². The first-order valence-corrected chi connectivity index (χ1v) is 12.4. The highest BCUT2D eigenvalue weighted by atomic mass is 79.9. The average Bonchev–Trinajstić information content (AvgIpc) is 2.86. The van der Waals surface area contributed by atoms with Crippen LogP contribution >= 0.6 is 27.5 Å². The fraction of sp³-hybridized carbons (Fsp3) is 0.200. The number of nitrogens with zero attached hydrogens (tertiary/aromatic N) is 5. The van der Waals surface area contributed by atoms with Crippen LogP contribution in [0.25, 0.3) is 10.9 Å². The van der Waals surface area contributed by atoms with E-state index in [1.165, 1.54) is 23.0 Å². The largest absolute Gasteiger partial charge is 0.490 e. The Balaban J connectivity index is 1.73. The molecule has 0 amide bonds. The summed E-state index contributed by atoms with van der Waals surface area (Å²) in [5.74, 6) is 1.06. The molecule has 4 rings (SSSR count). The molecule has 2 heterocycles. The summed E-state index contributed by atoms with van der Waals surface area (Å²) in [7, 11) is 0. The number of nitro groups is 1. The Labute approximate surface area is 224 Å². The molecule has 0 spiro atoms. The topological polar surface area (TPSA) is 122 Å². The maximum atomic E-state index is 13.3. The van der Waals surface area contributed by atoms with Gasteiger partial charge >= 0.3 is 0 Å². The summed E-state index contributed by atoms with van der Waals surface area (Å²) in [6.07, 6.45) is 2.58. The van der Waals surface area contributed by atoms with Crippen LogP contribution in [0.3, 0.4) is 0 Å². The molecular formula is C25H21BrClN5O5. The molecule has 0 N–H and O–H groups in total. The molecule has 190 valence electrons. The number of fused-ring (bicyclic) bond motifs is 1. The first-order chi connectivity index (χ1) is 17.7. The third-order valence-corrected chi connectivity index (χ3v) is 5.92. The van der Waals surface area contributed by atoms with Crippen LogP contribution < -0.4 is 15.0 Å². The van der Waals surface area contributed by atoms with Crippen molar-refractivity contribution >= 4 is 50.3 Å². The van der Waals surface area contributed by atoms with Crippen LogP contribution in [0, 0.1) is 10.1 Å². The summed E-state index contributed by atoms with van der Waals surface area (Å²) in [6.45, 7) is 5.99. The third kappa shape index (κ3) is 5.78. The van der Waals surface area contributed by atoms with Gasteiger partial charge in [-0.15, -0.1) is 0 Å². The normalized spacial score (nSPS) is 11.4. The first-order valence-electron chi connectivity index (χ1n) is 11.2. The van der Waals surface area contributed by atoms with Crippen molar-refractivity contribution in [3.8, 4) is 17.4 Å². The van der Waals surface area contributed by atoms with Crippen LogP contribution in [-0.4, -0.2) is 32.4 Å². The van der Waals surface area contributed by atoms with Crippen LogP contribution in [0.4, 0.5) is 5.69 Å². The fourth-order valence-corrected chi connectivity index (χ4v) is 4.06. The second-order valence-corrected chi connectivity index (χ2v) is 9.45. The smallest absolute Gasteiger partial charge is 0.287 e. The maximum absolute atomic E-state index is 13.3. The Morgan fingerprint density at radius 2 is 2.03 bits per heavy atom. The molecule has 0 fully saturated rings. The van der Waals surface area contributed by atoms with Crippen molar-refractivity contribution in [2.75, 3.05) is 6.61 Å².